The average Bonchev–Trinajstić information content (AvgIpc) is 2.45. The highest BCUT2D eigenvalue weighted by Gasteiger charge is 2.24. The van der Waals surface area contributed by atoms with Gasteiger partial charge in [0.2, 0.25) is 0 Å². The van der Waals surface area contributed by atoms with Crippen molar-refractivity contribution >= 4 is 12.4 Å². The molecule has 0 heterocycles. The van der Waals surface area contributed by atoms with E-state index in [1.54, 1.807) is 0 Å². The molecule has 2 aliphatic carbocycles. The third-order valence-electron chi connectivity index (χ3n) is 5.11. The number of halogens is 1. The molecule has 2 fully saturated rings. The molecular weight excluding hydrogens is 254 g/mol. The van der Waals surface area contributed by atoms with E-state index < -0.39 is 0 Å². The zero-order chi connectivity index (χ0) is 12.6. The van der Waals surface area contributed by atoms with Crippen LogP contribution in [0.3, 0.4) is 0 Å². The predicted octanol–water partition coefficient (Wildman–Crippen LogP) is 5.42. The Balaban J connectivity index is 0.00000180. The van der Waals surface area contributed by atoms with Crippen LogP contribution in [0.15, 0.2) is 0 Å². The maximum atomic E-state index is 2.89. The van der Waals surface area contributed by atoms with Gasteiger partial charge in [0.05, 0.1) is 0 Å². The average molecular weight is 288 g/mol. The lowest BCUT2D eigenvalue weighted by atomic mass is 9.87. The Morgan fingerprint density at radius 1 is 0.842 bits per heavy atom. The van der Waals surface area contributed by atoms with Crippen LogP contribution >= 0.6 is 12.4 Å². The van der Waals surface area contributed by atoms with Crippen molar-refractivity contribution in [2.45, 2.75) is 90.0 Å². The number of rotatable bonds is 6. The molecular formula is C17H34ClN. The van der Waals surface area contributed by atoms with E-state index in [0.29, 0.717) is 0 Å². The van der Waals surface area contributed by atoms with Crippen LogP contribution in [-0.4, -0.2) is 24.0 Å². The zero-order valence-electron chi connectivity index (χ0n) is 12.9. The van der Waals surface area contributed by atoms with E-state index in [9.17, 15) is 0 Å². The van der Waals surface area contributed by atoms with Crippen molar-refractivity contribution in [3.63, 3.8) is 0 Å². The van der Waals surface area contributed by atoms with Crippen LogP contribution < -0.4 is 0 Å². The molecule has 0 atom stereocenters. The molecule has 2 heteroatoms. The summed E-state index contributed by atoms with van der Waals surface area (Å²) in [5, 5.41) is 0. The summed E-state index contributed by atoms with van der Waals surface area (Å²) >= 11 is 0. The Kier molecular flexibility index (Phi) is 9.15. The van der Waals surface area contributed by atoms with Crippen LogP contribution in [-0.2, 0) is 0 Å². The minimum absolute atomic E-state index is 0. The second-order valence-corrected chi connectivity index (χ2v) is 6.64. The summed E-state index contributed by atoms with van der Waals surface area (Å²) in [7, 11) is 0. The fraction of sp³-hybridized carbons (Fsp3) is 1.00. The first-order valence-electron chi connectivity index (χ1n) is 8.64. The molecule has 0 amide bonds. The fourth-order valence-corrected chi connectivity index (χ4v) is 3.93. The third kappa shape index (κ3) is 6.04. The number of nitrogens with zero attached hydrogens (tertiary/aromatic N) is 1. The van der Waals surface area contributed by atoms with Gasteiger partial charge in [-0.2, -0.15) is 0 Å². The van der Waals surface area contributed by atoms with Crippen molar-refractivity contribution in [1.82, 2.24) is 4.90 Å². The SMILES string of the molecule is CCCCN(CC1CCCCC1)C1CCCCC1.Cl. The highest BCUT2D eigenvalue weighted by molar-refractivity contribution is 5.85. The van der Waals surface area contributed by atoms with Crippen molar-refractivity contribution in [3.8, 4) is 0 Å². The van der Waals surface area contributed by atoms with Gasteiger partial charge in [0, 0.05) is 12.6 Å². The van der Waals surface area contributed by atoms with E-state index in [1.807, 2.05) is 0 Å². The molecule has 19 heavy (non-hydrogen) atoms. The molecule has 2 rings (SSSR count). The molecule has 1 nitrogen and oxygen atoms in total. The lowest BCUT2D eigenvalue weighted by molar-refractivity contribution is 0.119. The predicted molar refractivity (Wildman–Crippen MR) is 87.2 cm³/mol. The summed E-state index contributed by atoms with van der Waals surface area (Å²) in [6.07, 6.45) is 17.7. The standard InChI is InChI=1S/C17H33N.ClH/c1-2-3-14-18(17-12-8-5-9-13-17)15-16-10-6-4-7-11-16;/h16-17H,2-15H2,1H3;1H. The highest BCUT2D eigenvalue weighted by Crippen LogP contribution is 2.28. The minimum atomic E-state index is 0. The summed E-state index contributed by atoms with van der Waals surface area (Å²) < 4.78 is 0. The van der Waals surface area contributed by atoms with Gasteiger partial charge in [0.15, 0.2) is 0 Å². The first-order valence-corrected chi connectivity index (χ1v) is 8.64. The molecule has 2 aliphatic rings. The normalized spacial score (nSPS) is 22.4. The Morgan fingerprint density at radius 2 is 1.42 bits per heavy atom. The highest BCUT2D eigenvalue weighted by atomic mass is 35.5. The van der Waals surface area contributed by atoms with Crippen molar-refractivity contribution in [3.05, 3.63) is 0 Å². The molecule has 2 saturated carbocycles. The Hall–Kier alpha value is 0.250. The van der Waals surface area contributed by atoms with Gasteiger partial charge in [-0.15, -0.1) is 12.4 Å². The lowest BCUT2D eigenvalue weighted by Crippen LogP contribution is -2.41. The van der Waals surface area contributed by atoms with Crippen LogP contribution in [0.25, 0.3) is 0 Å². The summed E-state index contributed by atoms with van der Waals surface area (Å²) in [4.78, 5) is 2.89. The molecule has 0 bridgehead atoms. The van der Waals surface area contributed by atoms with Crippen molar-refractivity contribution in [2.75, 3.05) is 13.1 Å². The summed E-state index contributed by atoms with van der Waals surface area (Å²) in [6, 6.07) is 0.937. The van der Waals surface area contributed by atoms with Gasteiger partial charge in [-0.25, -0.2) is 0 Å². The first kappa shape index (κ1) is 17.3. The second kappa shape index (κ2) is 10.0. The molecule has 0 aliphatic heterocycles. The van der Waals surface area contributed by atoms with E-state index >= 15 is 0 Å². The molecule has 0 radical (unpaired) electrons. The van der Waals surface area contributed by atoms with Gasteiger partial charge in [0.25, 0.3) is 0 Å². The van der Waals surface area contributed by atoms with E-state index in [-0.39, 0.29) is 12.4 Å². The van der Waals surface area contributed by atoms with Crippen molar-refractivity contribution in [2.24, 2.45) is 5.92 Å². The van der Waals surface area contributed by atoms with Gasteiger partial charge in [-0.3, -0.25) is 0 Å². The molecule has 0 saturated heterocycles. The van der Waals surface area contributed by atoms with Gasteiger partial charge in [0.1, 0.15) is 0 Å². The van der Waals surface area contributed by atoms with Crippen LogP contribution in [0.1, 0.15) is 84.0 Å². The Labute approximate surface area is 126 Å². The quantitative estimate of drug-likeness (QED) is 0.630. The van der Waals surface area contributed by atoms with Crippen molar-refractivity contribution in [1.29, 1.82) is 0 Å². The maximum Gasteiger partial charge on any atom is 0.00953 e. The van der Waals surface area contributed by atoms with E-state index in [0.717, 1.165) is 12.0 Å². The van der Waals surface area contributed by atoms with Crippen molar-refractivity contribution < 1.29 is 0 Å². The monoisotopic (exact) mass is 287 g/mol. The van der Waals surface area contributed by atoms with E-state index in [4.69, 9.17) is 0 Å². The summed E-state index contributed by atoms with van der Waals surface area (Å²) in [5.41, 5.74) is 0. The fourth-order valence-electron chi connectivity index (χ4n) is 3.93. The second-order valence-electron chi connectivity index (χ2n) is 6.64. The van der Waals surface area contributed by atoms with E-state index in [1.165, 1.54) is 90.1 Å². The molecule has 114 valence electrons. The van der Waals surface area contributed by atoms with Gasteiger partial charge in [-0.05, 0) is 44.6 Å². The molecule has 0 unspecified atom stereocenters. The van der Waals surface area contributed by atoms with Gasteiger partial charge < -0.3 is 4.90 Å². The molecule has 0 aromatic carbocycles. The van der Waals surface area contributed by atoms with Gasteiger partial charge >= 0.3 is 0 Å². The van der Waals surface area contributed by atoms with E-state index in [2.05, 4.69) is 11.8 Å². The molecule has 0 spiro atoms. The largest absolute Gasteiger partial charge is 0.300 e. The number of hydrogen-bond donors (Lipinski definition) is 0. The Bertz CT molecular complexity index is 207. The maximum absolute atomic E-state index is 2.89. The summed E-state index contributed by atoms with van der Waals surface area (Å²) in [5.74, 6) is 1.03. The minimum Gasteiger partial charge on any atom is -0.300 e. The lowest BCUT2D eigenvalue weighted by Gasteiger charge is -2.37. The van der Waals surface area contributed by atoms with Gasteiger partial charge in [-0.1, -0.05) is 51.9 Å². The zero-order valence-corrected chi connectivity index (χ0v) is 13.7. The third-order valence-corrected chi connectivity index (χ3v) is 5.11. The molecule has 0 N–H and O–H groups in total. The Morgan fingerprint density at radius 3 is 2.00 bits per heavy atom. The first-order chi connectivity index (χ1) is 8.90. The summed E-state index contributed by atoms with van der Waals surface area (Å²) in [6.45, 7) is 5.13. The van der Waals surface area contributed by atoms with Crippen LogP contribution in [0.2, 0.25) is 0 Å². The molecule has 0 aromatic rings. The van der Waals surface area contributed by atoms with Crippen LogP contribution in [0.4, 0.5) is 0 Å². The number of unbranched alkanes of at least 4 members (excludes halogenated alkanes) is 1. The smallest absolute Gasteiger partial charge is 0.00953 e. The molecule has 0 aromatic heterocycles. The van der Waals surface area contributed by atoms with Crippen LogP contribution in [0, 0.1) is 5.92 Å². The van der Waals surface area contributed by atoms with Crippen LogP contribution in [0.5, 0.6) is 0 Å². The topological polar surface area (TPSA) is 3.24 Å². The number of hydrogen-bond acceptors (Lipinski definition) is 1.